The van der Waals surface area contributed by atoms with Crippen LogP contribution in [0.15, 0.2) is 90.7 Å². The number of nitrogens with zero attached hydrogens (tertiary/aromatic N) is 1. The Balaban J connectivity index is 1.64. The molecule has 0 radical (unpaired) electrons. The molecule has 6 nitrogen and oxygen atoms in total. The van der Waals surface area contributed by atoms with Gasteiger partial charge in [0, 0.05) is 11.1 Å². The molecule has 4 rings (SSSR count). The van der Waals surface area contributed by atoms with Gasteiger partial charge in [-0.05, 0) is 66.8 Å². The van der Waals surface area contributed by atoms with Gasteiger partial charge >= 0.3 is 0 Å². The molecule has 0 aliphatic carbocycles. The molecule has 1 aliphatic rings. The minimum Gasteiger partial charge on any atom is -0.497 e. The molecule has 1 atom stereocenters. The number of allylic oxidation sites excluding steroid dienone is 1. The Morgan fingerprint density at radius 3 is 1.86 bits per heavy atom. The van der Waals surface area contributed by atoms with Gasteiger partial charge in [-0.2, -0.15) is 0 Å². The van der Waals surface area contributed by atoms with Crippen molar-refractivity contribution in [3.05, 3.63) is 102 Å². The van der Waals surface area contributed by atoms with E-state index in [-0.39, 0.29) is 6.04 Å². The Hall–Kier alpha value is -4.32. The third kappa shape index (κ3) is 5.61. The first kappa shape index (κ1) is 23.8. The van der Waals surface area contributed by atoms with Crippen molar-refractivity contribution in [3.8, 4) is 23.0 Å². The average molecular weight is 471 g/mol. The van der Waals surface area contributed by atoms with E-state index in [1.165, 1.54) is 0 Å². The van der Waals surface area contributed by atoms with Gasteiger partial charge in [-0.25, -0.2) is 0 Å². The Kier molecular flexibility index (Phi) is 7.63. The highest BCUT2D eigenvalue weighted by atomic mass is 16.5. The Morgan fingerprint density at radius 2 is 1.29 bits per heavy atom. The average Bonchev–Trinajstić information content (AvgIpc) is 3.33. The molecule has 1 unspecified atom stereocenters. The first-order chi connectivity index (χ1) is 17.1. The van der Waals surface area contributed by atoms with Crippen LogP contribution in [0.25, 0.3) is 12.2 Å². The number of anilines is 1. The number of rotatable bonds is 9. The van der Waals surface area contributed by atoms with Crippen molar-refractivity contribution in [1.29, 1.82) is 0 Å². The summed E-state index contributed by atoms with van der Waals surface area (Å²) in [6, 6.07) is 21.7. The highest BCUT2D eigenvalue weighted by molar-refractivity contribution is 5.65. The van der Waals surface area contributed by atoms with Crippen molar-refractivity contribution in [2.45, 2.75) is 6.04 Å². The fourth-order valence-corrected chi connectivity index (χ4v) is 3.89. The second kappa shape index (κ2) is 11.2. The lowest BCUT2D eigenvalue weighted by Gasteiger charge is -2.25. The minimum atomic E-state index is -0.0276. The Morgan fingerprint density at radius 1 is 0.686 bits per heavy atom. The van der Waals surface area contributed by atoms with E-state index in [0.717, 1.165) is 45.5 Å². The molecule has 0 saturated carbocycles. The van der Waals surface area contributed by atoms with E-state index in [1.807, 2.05) is 66.7 Å². The highest BCUT2D eigenvalue weighted by Crippen LogP contribution is 2.29. The van der Waals surface area contributed by atoms with Gasteiger partial charge < -0.3 is 18.9 Å². The monoisotopic (exact) mass is 470 g/mol. The van der Waals surface area contributed by atoms with E-state index in [1.54, 1.807) is 28.4 Å². The molecular weight excluding hydrogens is 440 g/mol. The molecular formula is C29H30N2O4. The van der Waals surface area contributed by atoms with Crippen LogP contribution < -0.4 is 29.4 Å². The molecule has 0 amide bonds. The number of benzene rings is 3. The van der Waals surface area contributed by atoms with Gasteiger partial charge in [0.2, 0.25) is 0 Å². The van der Waals surface area contributed by atoms with Crippen molar-refractivity contribution in [2.75, 3.05) is 33.4 Å². The van der Waals surface area contributed by atoms with Crippen molar-refractivity contribution in [1.82, 2.24) is 5.43 Å². The maximum Gasteiger partial charge on any atom is 0.126 e. The molecule has 6 heteroatoms. The van der Waals surface area contributed by atoms with E-state index in [2.05, 4.69) is 40.8 Å². The Labute approximate surface area is 206 Å². The van der Waals surface area contributed by atoms with Crippen LogP contribution in [-0.2, 0) is 0 Å². The van der Waals surface area contributed by atoms with Crippen LogP contribution in [0.1, 0.15) is 11.1 Å². The quantitative estimate of drug-likeness (QED) is 0.431. The largest absolute Gasteiger partial charge is 0.497 e. The summed E-state index contributed by atoms with van der Waals surface area (Å²) in [6.07, 6.45) is 10.4. The third-order valence-electron chi connectivity index (χ3n) is 5.72. The maximum atomic E-state index is 5.54. The molecule has 1 heterocycles. The predicted molar refractivity (Wildman–Crippen MR) is 141 cm³/mol. The lowest BCUT2D eigenvalue weighted by molar-refractivity contribution is 0.402. The van der Waals surface area contributed by atoms with Gasteiger partial charge in [-0.1, -0.05) is 30.4 Å². The van der Waals surface area contributed by atoms with Gasteiger partial charge in [0.25, 0.3) is 0 Å². The number of hydrogen-bond donors (Lipinski definition) is 1. The molecule has 180 valence electrons. The van der Waals surface area contributed by atoms with Crippen LogP contribution in [0.4, 0.5) is 5.69 Å². The van der Waals surface area contributed by atoms with Crippen molar-refractivity contribution < 1.29 is 18.9 Å². The van der Waals surface area contributed by atoms with Crippen molar-refractivity contribution in [2.24, 2.45) is 0 Å². The minimum absolute atomic E-state index is 0.0276. The van der Waals surface area contributed by atoms with Crippen LogP contribution in [-0.4, -0.2) is 34.5 Å². The van der Waals surface area contributed by atoms with Gasteiger partial charge in [-0.15, -0.1) is 0 Å². The number of ether oxygens (including phenoxy) is 4. The number of hydrazine groups is 1. The van der Waals surface area contributed by atoms with Crippen molar-refractivity contribution >= 4 is 17.8 Å². The van der Waals surface area contributed by atoms with E-state index in [4.69, 9.17) is 18.9 Å². The third-order valence-corrected chi connectivity index (χ3v) is 5.72. The Bertz CT molecular complexity index is 1230. The zero-order valence-electron chi connectivity index (χ0n) is 20.4. The van der Waals surface area contributed by atoms with Gasteiger partial charge in [0.1, 0.15) is 23.0 Å². The maximum absolute atomic E-state index is 5.54. The molecule has 1 N–H and O–H groups in total. The normalized spacial score (nSPS) is 15.3. The molecule has 1 aliphatic heterocycles. The van der Waals surface area contributed by atoms with E-state index in [0.29, 0.717) is 0 Å². The highest BCUT2D eigenvalue weighted by Gasteiger charge is 2.22. The van der Waals surface area contributed by atoms with Gasteiger partial charge in [0.15, 0.2) is 0 Å². The smallest absolute Gasteiger partial charge is 0.126 e. The fourth-order valence-electron chi connectivity index (χ4n) is 3.89. The molecule has 0 spiro atoms. The summed E-state index contributed by atoms with van der Waals surface area (Å²) in [7, 11) is 6.65. The lowest BCUT2D eigenvalue weighted by Crippen LogP contribution is -2.37. The summed E-state index contributed by atoms with van der Waals surface area (Å²) in [4.78, 5) is 0. The summed E-state index contributed by atoms with van der Waals surface area (Å²) in [5, 5.41) is 2.12. The number of methoxy groups -OCH3 is 4. The van der Waals surface area contributed by atoms with Crippen molar-refractivity contribution in [3.63, 3.8) is 0 Å². The second-order valence-corrected chi connectivity index (χ2v) is 7.84. The van der Waals surface area contributed by atoms with E-state index < -0.39 is 0 Å². The summed E-state index contributed by atoms with van der Waals surface area (Å²) in [6.45, 7) is 0. The molecule has 0 aromatic heterocycles. The van der Waals surface area contributed by atoms with E-state index >= 15 is 0 Å². The zero-order chi connectivity index (χ0) is 24.6. The number of hydrogen-bond acceptors (Lipinski definition) is 6. The fraction of sp³-hybridized carbons (Fsp3) is 0.172. The van der Waals surface area contributed by atoms with Gasteiger partial charge in [0.05, 0.1) is 45.9 Å². The number of nitrogens with one attached hydrogen (secondary N) is 1. The first-order valence-electron chi connectivity index (χ1n) is 11.3. The predicted octanol–water partition coefficient (Wildman–Crippen LogP) is 5.72. The van der Waals surface area contributed by atoms with Gasteiger partial charge in [-0.3, -0.25) is 10.4 Å². The molecule has 3 aromatic rings. The SMILES string of the molecule is COc1ccc(OC)c(C=CC2=CC(C=Cc3cc(OC)ccc3OC)N(c3ccccc3)N2)c1. The molecule has 0 saturated heterocycles. The van der Waals surface area contributed by atoms with E-state index in [9.17, 15) is 0 Å². The molecule has 0 bridgehead atoms. The lowest BCUT2D eigenvalue weighted by atomic mass is 10.1. The van der Waals surface area contributed by atoms with Crippen LogP contribution >= 0.6 is 0 Å². The topological polar surface area (TPSA) is 52.2 Å². The summed E-state index contributed by atoms with van der Waals surface area (Å²) >= 11 is 0. The second-order valence-electron chi connectivity index (χ2n) is 7.84. The van der Waals surface area contributed by atoms with Crippen LogP contribution in [0.2, 0.25) is 0 Å². The summed E-state index contributed by atoms with van der Waals surface area (Å²) in [5.41, 5.74) is 7.40. The van der Waals surface area contributed by atoms with Crippen LogP contribution in [0.5, 0.6) is 23.0 Å². The molecule has 0 fully saturated rings. The summed E-state index contributed by atoms with van der Waals surface area (Å²) in [5.74, 6) is 3.12. The zero-order valence-corrected chi connectivity index (χ0v) is 20.4. The standard InChI is InChI=1S/C29H30N2O4/c1-32-26-14-16-28(34-3)21(18-26)10-12-23-20-25(31(30-23)24-8-6-5-7-9-24)13-11-22-19-27(33-2)15-17-29(22)35-4/h5-20,25,30H,1-4H3. The van der Waals surface area contributed by atoms with Crippen LogP contribution in [0.3, 0.4) is 0 Å². The molecule has 3 aromatic carbocycles. The first-order valence-corrected chi connectivity index (χ1v) is 11.3. The molecule has 35 heavy (non-hydrogen) atoms. The van der Waals surface area contributed by atoms with Crippen LogP contribution in [0, 0.1) is 0 Å². The summed E-state index contributed by atoms with van der Waals surface area (Å²) < 4.78 is 21.8. The number of para-hydroxylation sites is 1.